The highest BCUT2D eigenvalue weighted by Crippen LogP contribution is 2.26. The molecular formula is C11H21NO2. The first-order chi connectivity index (χ1) is 6.88. The molecule has 2 unspecified atom stereocenters. The molecule has 0 bridgehead atoms. The topological polar surface area (TPSA) is 44.5 Å². The average Bonchev–Trinajstić information content (AvgIpc) is 2.30. The Morgan fingerprint density at radius 2 is 1.71 bits per heavy atom. The van der Waals surface area contributed by atoms with Gasteiger partial charge in [0.15, 0.2) is 0 Å². The van der Waals surface area contributed by atoms with E-state index in [4.69, 9.17) is 15.2 Å². The quantitative estimate of drug-likeness (QED) is 0.726. The highest BCUT2D eigenvalue weighted by molar-refractivity contribution is 4.83. The van der Waals surface area contributed by atoms with Gasteiger partial charge in [0.05, 0.1) is 6.61 Å². The summed E-state index contributed by atoms with van der Waals surface area (Å²) in [5.41, 5.74) is 6.29. The Labute approximate surface area is 85.9 Å². The van der Waals surface area contributed by atoms with Gasteiger partial charge in [-0.3, -0.25) is 0 Å². The highest BCUT2D eigenvalue weighted by atomic mass is 16.5. The van der Waals surface area contributed by atoms with E-state index in [1.807, 2.05) is 0 Å². The summed E-state index contributed by atoms with van der Waals surface area (Å²) in [6, 6.07) is 0.333. The van der Waals surface area contributed by atoms with Crippen molar-refractivity contribution in [1.29, 1.82) is 0 Å². The van der Waals surface area contributed by atoms with E-state index in [2.05, 4.69) is 0 Å². The molecule has 0 saturated carbocycles. The van der Waals surface area contributed by atoms with Crippen molar-refractivity contribution in [2.24, 2.45) is 17.6 Å². The van der Waals surface area contributed by atoms with Crippen molar-refractivity contribution in [2.45, 2.75) is 31.7 Å². The average molecular weight is 199 g/mol. The van der Waals surface area contributed by atoms with E-state index in [0.717, 1.165) is 39.3 Å². The minimum absolute atomic E-state index is 0.333. The second-order valence-electron chi connectivity index (χ2n) is 4.50. The molecule has 2 atom stereocenters. The van der Waals surface area contributed by atoms with Crippen molar-refractivity contribution in [2.75, 3.05) is 26.4 Å². The van der Waals surface area contributed by atoms with Crippen LogP contribution >= 0.6 is 0 Å². The molecule has 2 N–H and O–H groups in total. The van der Waals surface area contributed by atoms with Gasteiger partial charge in [-0.15, -0.1) is 0 Å². The summed E-state index contributed by atoms with van der Waals surface area (Å²) < 4.78 is 10.8. The smallest absolute Gasteiger partial charge is 0.0509 e. The van der Waals surface area contributed by atoms with Crippen molar-refractivity contribution < 1.29 is 9.47 Å². The molecule has 14 heavy (non-hydrogen) atoms. The van der Waals surface area contributed by atoms with Crippen LogP contribution in [0.3, 0.4) is 0 Å². The summed E-state index contributed by atoms with van der Waals surface area (Å²) in [6.07, 6.45) is 4.70. The molecule has 2 rings (SSSR count). The van der Waals surface area contributed by atoms with E-state index in [0.29, 0.717) is 17.9 Å². The first-order valence-electron chi connectivity index (χ1n) is 5.79. The van der Waals surface area contributed by atoms with Gasteiger partial charge in [-0.2, -0.15) is 0 Å². The maximum atomic E-state index is 6.29. The Balaban J connectivity index is 1.82. The molecule has 3 nitrogen and oxygen atoms in total. The Bertz CT molecular complexity index is 145. The zero-order chi connectivity index (χ0) is 9.80. The first-order valence-corrected chi connectivity index (χ1v) is 5.79. The van der Waals surface area contributed by atoms with Crippen molar-refractivity contribution in [3.05, 3.63) is 0 Å². The molecule has 0 amide bonds. The van der Waals surface area contributed by atoms with Crippen LogP contribution in [0.15, 0.2) is 0 Å². The summed E-state index contributed by atoms with van der Waals surface area (Å²) in [6.45, 7) is 3.59. The van der Waals surface area contributed by atoms with Gasteiger partial charge in [-0.05, 0) is 37.5 Å². The number of nitrogens with two attached hydrogens (primary N) is 1. The van der Waals surface area contributed by atoms with Crippen molar-refractivity contribution in [1.82, 2.24) is 0 Å². The molecule has 0 aromatic carbocycles. The molecule has 2 aliphatic heterocycles. The fourth-order valence-electron chi connectivity index (χ4n) is 2.55. The Hall–Kier alpha value is -0.120. The largest absolute Gasteiger partial charge is 0.381 e. The second kappa shape index (κ2) is 5.10. The van der Waals surface area contributed by atoms with Crippen molar-refractivity contribution in [3.8, 4) is 0 Å². The van der Waals surface area contributed by atoms with Gasteiger partial charge in [0.25, 0.3) is 0 Å². The lowest BCUT2D eigenvalue weighted by molar-refractivity contribution is 0.0109. The van der Waals surface area contributed by atoms with Gasteiger partial charge in [0, 0.05) is 25.9 Å². The lowest BCUT2D eigenvalue weighted by Crippen LogP contribution is -2.43. The normalized spacial score (nSPS) is 32.8. The van der Waals surface area contributed by atoms with Crippen LogP contribution in [0.5, 0.6) is 0 Å². The molecule has 2 fully saturated rings. The number of ether oxygens (including phenoxy) is 2. The third-order valence-corrected chi connectivity index (χ3v) is 3.55. The Morgan fingerprint density at radius 1 is 0.929 bits per heavy atom. The van der Waals surface area contributed by atoms with E-state index >= 15 is 0 Å². The van der Waals surface area contributed by atoms with Crippen molar-refractivity contribution in [3.63, 3.8) is 0 Å². The zero-order valence-corrected chi connectivity index (χ0v) is 8.78. The van der Waals surface area contributed by atoms with Gasteiger partial charge in [0.1, 0.15) is 0 Å². The molecule has 0 aromatic heterocycles. The molecular weight excluding hydrogens is 178 g/mol. The van der Waals surface area contributed by atoms with Crippen molar-refractivity contribution >= 4 is 0 Å². The third kappa shape index (κ3) is 2.47. The van der Waals surface area contributed by atoms with Crippen LogP contribution in [-0.4, -0.2) is 32.5 Å². The Morgan fingerprint density at radius 3 is 2.36 bits per heavy atom. The number of hydrogen-bond donors (Lipinski definition) is 1. The predicted molar refractivity (Wildman–Crippen MR) is 55.1 cm³/mol. The SMILES string of the molecule is NC(C1CCOCC1)C1CCCOC1. The van der Waals surface area contributed by atoms with Crippen LogP contribution in [0.1, 0.15) is 25.7 Å². The van der Waals surface area contributed by atoms with E-state index in [1.54, 1.807) is 0 Å². The zero-order valence-electron chi connectivity index (χ0n) is 8.78. The second-order valence-corrected chi connectivity index (χ2v) is 4.50. The third-order valence-electron chi connectivity index (χ3n) is 3.55. The van der Waals surface area contributed by atoms with Crippen LogP contribution in [0.2, 0.25) is 0 Å². The molecule has 0 radical (unpaired) electrons. The predicted octanol–water partition coefficient (Wildman–Crippen LogP) is 1.17. The van der Waals surface area contributed by atoms with E-state index in [9.17, 15) is 0 Å². The highest BCUT2D eigenvalue weighted by Gasteiger charge is 2.29. The van der Waals surface area contributed by atoms with Crippen LogP contribution < -0.4 is 5.73 Å². The maximum absolute atomic E-state index is 6.29. The van der Waals surface area contributed by atoms with E-state index < -0.39 is 0 Å². The standard InChI is InChI=1S/C11H21NO2/c12-11(9-3-6-13-7-4-9)10-2-1-5-14-8-10/h9-11H,1-8,12H2. The number of rotatable bonds is 2. The van der Waals surface area contributed by atoms with Gasteiger partial charge in [0.2, 0.25) is 0 Å². The minimum atomic E-state index is 0.333. The summed E-state index contributed by atoms with van der Waals surface area (Å²) in [7, 11) is 0. The number of hydrogen-bond acceptors (Lipinski definition) is 3. The van der Waals surface area contributed by atoms with Crippen LogP contribution in [-0.2, 0) is 9.47 Å². The molecule has 2 heterocycles. The van der Waals surface area contributed by atoms with E-state index in [-0.39, 0.29) is 0 Å². The molecule has 0 spiro atoms. The fourth-order valence-corrected chi connectivity index (χ4v) is 2.55. The molecule has 3 heteroatoms. The summed E-state index contributed by atoms with van der Waals surface area (Å²) in [4.78, 5) is 0. The maximum Gasteiger partial charge on any atom is 0.0509 e. The molecule has 2 saturated heterocycles. The molecule has 2 aliphatic rings. The van der Waals surface area contributed by atoms with Crippen LogP contribution in [0.4, 0.5) is 0 Å². The van der Waals surface area contributed by atoms with Gasteiger partial charge in [-0.1, -0.05) is 0 Å². The van der Waals surface area contributed by atoms with Gasteiger partial charge >= 0.3 is 0 Å². The molecule has 0 aromatic rings. The lowest BCUT2D eigenvalue weighted by Gasteiger charge is -2.35. The molecule has 0 aliphatic carbocycles. The summed E-state index contributed by atoms with van der Waals surface area (Å²) >= 11 is 0. The van der Waals surface area contributed by atoms with E-state index in [1.165, 1.54) is 12.8 Å². The lowest BCUT2D eigenvalue weighted by atomic mass is 9.82. The minimum Gasteiger partial charge on any atom is -0.381 e. The van der Waals surface area contributed by atoms with Crippen LogP contribution in [0.25, 0.3) is 0 Å². The monoisotopic (exact) mass is 199 g/mol. The van der Waals surface area contributed by atoms with Gasteiger partial charge in [-0.25, -0.2) is 0 Å². The Kier molecular flexibility index (Phi) is 3.79. The van der Waals surface area contributed by atoms with Crippen LogP contribution in [0, 0.1) is 11.8 Å². The van der Waals surface area contributed by atoms with Gasteiger partial charge < -0.3 is 15.2 Å². The first kappa shape index (κ1) is 10.4. The molecule has 82 valence electrons. The summed E-state index contributed by atoms with van der Waals surface area (Å²) in [5, 5.41) is 0. The summed E-state index contributed by atoms with van der Waals surface area (Å²) in [5.74, 6) is 1.25. The fraction of sp³-hybridized carbons (Fsp3) is 1.00.